The van der Waals surface area contributed by atoms with Crippen LogP contribution >= 0.6 is 0 Å². The molecule has 92 valence electrons. The van der Waals surface area contributed by atoms with Crippen LogP contribution in [0.15, 0.2) is 0 Å². The van der Waals surface area contributed by atoms with E-state index in [9.17, 15) is 4.79 Å². The third-order valence-corrected chi connectivity index (χ3v) is 2.34. The number of nitrogens with zero attached hydrogens (tertiary/aromatic N) is 2. The fourth-order valence-electron chi connectivity index (χ4n) is 1.68. The second-order valence-electron chi connectivity index (χ2n) is 5.12. The first-order valence-electron chi connectivity index (χ1n) is 6.10. The minimum atomic E-state index is -0.475. The highest BCUT2D eigenvalue weighted by molar-refractivity contribution is 5.81. The van der Waals surface area contributed by atoms with Crippen molar-refractivity contribution in [3.05, 3.63) is 0 Å². The predicted octanol–water partition coefficient (Wildman–Crippen LogP) is 2.68. The van der Waals surface area contributed by atoms with Crippen molar-refractivity contribution in [2.24, 2.45) is 17.8 Å². The van der Waals surface area contributed by atoms with Gasteiger partial charge in [0.1, 0.15) is 5.92 Å². The second kappa shape index (κ2) is 7.27. The fraction of sp³-hybridized carbons (Fsp3) is 0.846. The first-order valence-corrected chi connectivity index (χ1v) is 6.10. The molecule has 0 rings (SSSR count). The van der Waals surface area contributed by atoms with E-state index in [4.69, 9.17) is 5.26 Å². The molecule has 0 saturated carbocycles. The van der Waals surface area contributed by atoms with Gasteiger partial charge in [0.05, 0.1) is 6.07 Å². The predicted molar refractivity (Wildman–Crippen MR) is 65.7 cm³/mol. The van der Waals surface area contributed by atoms with Gasteiger partial charge >= 0.3 is 0 Å². The smallest absolute Gasteiger partial charge is 0.239 e. The van der Waals surface area contributed by atoms with Crippen molar-refractivity contribution < 1.29 is 4.79 Å². The number of hydrogen-bond donors (Lipinski definition) is 0. The molecule has 0 aromatic carbocycles. The Morgan fingerprint density at radius 2 is 1.62 bits per heavy atom. The number of carbonyl (C=O) groups excluding carboxylic acids is 1. The molecule has 0 radical (unpaired) electrons. The molecule has 0 N–H and O–H groups in total. The fourth-order valence-corrected chi connectivity index (χ4v) is 1.68. The Hall–Kier alpha value is -1.04. The molecule has 0 saturated heterocycles. The van der Waals surface area contributed by atoms with Crippen LogP contribution in [0.5, 0.6) is 0 Å². The van der Waals surface area contributed by atoms with Gasteiger partial charge in [-0.15, -0.1) is 0 Å². The molecule has 0 fully saturated rings. The molecule has 1 amide bonds. The summed E-state index contributed by atoms with van der Waals surface area (Å²) in [7, 11) is 0. The lowest BCUT2D eigenvalue weighted by Gasteiger charge is -2.27. The van der Waals surface area contributed by atoms with E-state index in [0.29, 0.717) is 18.3 Å². The van der Waals surface area contributed by atoms with Crippen LogP contribution in [-0.4, -0.2) is 23.9 Å². The molecule has 0 aliphatic rings. The minimum Gasteiger partial charge on any atom is -0.341 e. The maximum Gasteiger partial charge on any atom is 0.239 e. The molecule has 0 bridgehead atoms. The quantitative estimate of drug-likeness (QED) is 0.696. The summed E-state index contributed by atoms with van der Waals surface area (Å²) in [6, 6.07) is 2.09. The van der Waals surface area contributed by atoms with E-state index < -0.39 is 5.92 Å². The third-order valence-electron chi connectivity index (χ3n) is 2.34. The summed E-state index contributed by atoms with van der Waals surface area (Å²) in [5.41, 5.74) is 0. The molecule has 3 nitrogen and oxygen atoms in total. The van der Waals surface area contributed by atoms with E-state index in [2.05, 4.69) is 33.8 Å². The summed E-state index contributed by atoms with van der Waals surface area (Å²) in [4.78, 5) is 13.9. The van der Waals surface area contributed by atoms with Crippen molar-refractivity contribution in [3.8, 4) is 6.07 Å². The molecule has 0 spiro atoms. The van der Waals surface area contributed by atoms with Gasteiger partial charge in [-0.3, -0.25) is 4.79 Å². The normalized spacial score (nSPS) is 12.6. The van der Waals surface area contributed by atoms with Gasteiger partial charge in [-0.05, 0) is 18.3 Å². The molecule has 0 aliphatic carbocycles. The Morgan fingerprint density at radius 3 is 1.88 bits per heavy atom. The van der Waals surface area contributed by atoms with Crippen molar-refractivity contribution in [2.75, 3.05) is 13.1 Å². The number of rotatable bonds is 6. The highest BCUT2D eigenvalue weighted by Gasteiger charge is 2.23. The number of nitriles is 1. The number of hydrogen-bond acceptors (Lipinski definition) is 2. The van der Waals surface area contributed by atoms with Gasteiger partial charge < -0.3 is 4.90 Å². The van der Waals surface area contributed by atoms with Crippen LogP contribution in [0, 0.1) is 29.1 Å². The Balaban J connectivity index is 4.61. The lowest BCUT2D eigenvalue weighted by atomic mass is 10.0. The summed E-state index contributed by atoms with van der Waals surface area (Å²) in [6.07, 6.45) is 0.599. The van der Waals surface area contributed by atoms with Crippen LogP contribution in [0.2, 0.25) is 0 Å². The SMILES string of the molecule is CCC(C#N)C(=O)N(CC(C)C)CC(C)C. The van der Waals surface area contributed by atoms with Gasteiger partial charge in [0.25, 0.3) is 0 Å². The highest BCUT2D eigenvalue weighted by atomic mass is 16.2. The molecule has 0 aromatic rings. The van der Waals surface area contributed by atoms with Gasteiger partial charge in [0.2, 0.25) is 5.91 Å². The van der Waals surface area contributed by atoms with Crippen molar-refractivity contribution in [1.82, 2.24) is 4.90 Å². The van der Waals surface area contributed by atoms with Crippen LogP contribution in [0.25, 0.3) is 0 Å². The molecule has 0 aliphatic heterocycles. The molecule has 1 atom stereocenters. The maximum atomic E-state index is 12.1. The third kappa shape index (κ3) is 5.16. The van der Waals surface area contributed by atoms with Crippen LogP contribution in [0.4, 0.5) is 0 Å². The Labute approximate surface area is 99.4 Å². The van der Waals surface area contributed by atoms with E-state index in [1.807, 2.05) is 11.8 Å². The largest absolute Gasteiger partial charge is 0.341 e. The van der Waals surface area contributed by atoms with Crippen molar-refractivity contribution in [3.63, 3.8) is 0 Å². The van der Waals surface area contributed by atoms with Crippen LogP contribution < -0.4 is 0 Å². The molecular formula is C13H24N2O. The minimum absolute atomic E-state index is 0.00704. The zero-order chi connectivity index (χ0) is 12.7. The number of amides is 1. The molecule has 16 heavy (non-hydrogen) atoms. The van der Waals surface area contributed by atoms with Gasteiger partial charge in [-0.1, -0.05) is 34.6 Å². The zero-order valence-corrected chi connectivity index (χ0v) is 11.2. The van der Waals surface area contributed by atoms with Gasteiger partial charge in [0, 0.05) is 13.1 Å². The van der Waals surface area contributed by atoms with E-state index in [-0.39, 0.29) is 5.91 Å². The monoisotopic (exact) mass is 224 g/mol. The summed E-state index contributed by atoms with van der Waals surface area (Å²) >= 11 is 0. The van der Waals surface area contributed by atoms with Crippen LogP contribution in [0.1, 0.15) is 41.0 Å². The first-order chi connectivity index (χ1) is 7.42. The van der Waals surface area contributed by atoms with E-state index >= 15 is 0 Å². The Morgan fingerprint density at radius 1 is 1.19 bits per heavy atom. The standard InChI is InChI=1S/C13H24N2O/c1-6-12(7-14)13(16)15(8-10(2)3)9-11(4)5/h10-12H,6,8-9H2,1-5H3. The van der Waals surface area contributed by atoms with Crippen molar-refractivity contribution in [2.45, 2.75) is 41.0 Å². The summed E-state index contributed by atoms with van der Waals surface area (Å²) < 4.78 is 0. The topological polar surface area (TPSA) is 44.1 Å². The maximum absolute atomic E-state index is 12.1. The lowest BCUT2D eigenvalue weighted by Crippen LogP contribution is -2.40. The molecule has 1 unspecified atom stereocenters. The van der Waals surface area contributed by atoms with E-state index in [1.54, 1.807) is 0 Å². The van der Waals surface area contributed by atoms with Crippen molar-refractivity contribution >= 4 is 5.91 Å². The van der Waals surface area contributed by atoms with Gasteiger partial charge in [0.15, 0.2) is 0 Å². The van der Waals surface area contributed by atoms with E-state index in [0.717, 1.165) is 13.1 Å². The molecule has 0 aromatic heterocycles. The molecule has 0 heterocycles. The summed E-state index contributed by atoms with van der Waals surface area (Å²) in [5.74, 6) is 0.405. The summed E-state index contributed by atoms with van der Waals surface area (Å²) in [5, 5.41) is 8.92. The lowest BCUT2D eigenvalue weighted by molar-refractivity contribution is -0.134. The van der Waals surface area contributed by atoms with Crippen LogP contribution in [-0.2, 0) is 4.79 Å². The molecule has 3 heteroatoms. The van der Waals surface area contributed by atoms with Crippen molar-refractivity contribution in [1.29, 1.82) is 5.26 Å². The average Bonchev–Trinajstić information content (AvgIpc) is 2.17. The summed E-state index contributed by atoms with van der Waals surface area (Å²) in [6.45, 7) is 11.7. The van der Waals surface area contributed by atoms with Gasteiger partial charge in [-0.2, -0.15) is 5.26 Å². The van der Waals surface area contributed by atoms with E-state index in [1.165, 1.54) is 0 Å². The Bertz CT molecular complexity index is 243. The van der Waals surface area contributed by atoms with Crippen LogP contribution in [0.3, 0.4) is 0 Å². The Kier molecular flexibility index (Phi) is 6.80. The molecular weight excluding hydrogens is 200 g/mol. The number of carbonyl (C=O) groups is 1. The average molecular weight is 224 g/mol. The van der Waals surface area contributed by atoms with Gasteiger partial charge in [-0.25, -0.2) is 0 Å². The highest BCUT2D eigenvalue weighted by Crippen LogP contribution is 2.11. The second-order valence-corrected chi connectivity index (χ2v) is 5.12. The zero-order valence-electron chi connectivity index (χ0n) is 11.2. The first kappa shape index (κ1) is 15.0.